The smallest absolute Gasteiger partial charge is 0.266 e. The summed E-state index contributed by atoms with van der Waals surface area (Å²) in [6.45, 7) is -0.0511. The van der Waals surface area contributed by atoms with Gasteiger partial charge in [-0.05, 0) is 16.8 Å². The van der Waals surface area contributed by atoms with E-state index in [0.717, 1.165) is 5.56 Å². The molecule has 0 saturated carbocycles. The lowest BCUT2D eigenvalue weighted by atomic mass is 10.1. The maximum atomic E-state index is 10.8. The van der Waals surface area contributed by atoms with E-state index in [0.29, 0.717) is 11.4 Å². The van der Waals surface area contributed by atoms with Crippen molar-refractivity contribution < 1.29 is 12.9 Å². The molecule has 0 bridgehead atoms. The molecule has 1 heterocycles. The zero-order chi connectivity index (χ0) is 12.3. The van der Waals surface area contributed by atoms with Crippen molar-refractivity contribution >= 4 is 20.2 Å². The zero-order valence-corrected chi connectivity index (χ0v) is 10.1. The van der Waals surface area contributed by atoms with Gasteiger partial charge in [0.1, 0.15) is 0 Å². The summed E-state index contributed by atoms with van der Waals surface area (Å²) in [6, 6.07) is 7.01. The number of hydrogen-bond acceptors (Lipinski definition) is 6. The van der Waals surface area contributed by atoms with Gasteiger partial charge in [-0.25, -0.2) is 0 Å². The molecule has 0 saturated heterocycles. The van der Waals surface area contributed by atoms with Crippen LogP contribution in [0.4, 0.5) is 0 Å². The Hall–Kier alpha value is -1.42. The van der Waals surface area contributed by atoms with Gasteiger partial charge in [0, 0.05) is 16.8 Å². The molecule has 0 aliphatic rings. The number of rotatable bonds is 4. The van der Waals surface area contributed by atoms with Crippen molar-refractivity contribution in [2.24, 2.45) is 0 Å². The van der Waals surface area contributed by atoms with Crippen LogP contribution in [-0.2, 0) is 31.0 Å². The van der Waals surface area contributed by atoms with Crippen LogP contribution in [0.2, 0.25) is 0 Å². The predicted octanol–water partition coefficient (Wildman–Crippen LogP) is 0.518. The minimum absolute atomic E-state index is 0.0511. The third-order valence-electron chi connectivity index (χ3n) is 1.91. The minimum Gasteiger partial charge on any atom is -0.285 e. The van der Waals surface area contributed by atoms with Gasteiger partial charge in [0.25, 0.3) is 9.05 Å². The second kappa shape index (κ2) is 4.84. The Morgan fingerprint density at radius 3 is 3.00 bits per heavy atom. The molecular weight excluding hydrogens is 264 g/mol. The van der Waals surface area contributed by atoms with Crippen LogP contribution in [-0.4, -0.2) is 29.4 Å². The predicted molar refractivity (Wildman–Crippen MR) is 62.5 cm³/mol. The number of nitrogens with zero attached hydrogens (tertiary/aromatic N) is 3. The van der Waals surface area contributed by atoms with Crippen LogP contribution < -0.4 is 0 Å². The van der Waals surface area contributed by atoms with Crippen LogP contribution in [0.1, 0.15) is 5.56 Å². The van der Waals surface area contributed by atoms with E-state index in [-0.39, 0.29) is 6.61 Å². The Kier molecular flexibility index (Phi) is 3.43. The molecule has 1 aromatic carbocycles. The molecule has 2 rings (SSSR count). The van der Waals surface area contributed by atoms with Crippen molar-refractivity contribution in [3.8, 4) is 11.4 Å². The highest BCUT2D eigenvalue weighted by molar-refractivity contribution is 8.27. The molecule has 90 valence electrons. The number of benzene rings is 1. The molecule has 1 aromatic heterocycles. The molecule has 9 heteroatoms. The number of aromatic amines is 1. The molecule has 0 amide bonds. The number of nitrogens with one attached hydrogen (secondary N) is 1. The van der Waals surface area contributed by atoms with Crippen LogP contribution in [0.3, 0.4) is 0 Å². The molecule has 0 aliphatic heterocycles. The second-order valence-corrected chi connectivity index (χ2v) is 5.48. The van der Waals surface area contributed by atoms with Crippen molar-refractivity contribution in [2.75, 3.05) is 0 Å². The first-order valence-corrected chi connectivity index (χ1v) is 6.86. The van der Waals surface area contributed by atoms with Gasteiger partial charge in [0.2, 0.25) is 5.82 Å². The van der Waals surface area contributed by atoms with Crippen molar-refractivity contribution in [1.29, 1.82) is 0 Å². The van der Waals surface area contributed by atoms with Crippen LogP contribution >= 0.6 is 0 Å². The molecule has 2 N–H and O–H groups in total. The SMILES string of the molecule is O=S(O)(=S)OCc1cccc(-c2nn[nH]n2)c1. The van der Waals surface area contributed by atoms with Gasteiger partial charge in [0.05, 0.1) is 6.61 Å². The quantitative estimate of drug-likeness (QED) is 0.836. The number of tetrazole rings is 1. The standard InChI is InChI=1S/C8H8N4O3S2/c13-17(14,16)15-5-6-2-1-3-7(4-6)8-9-11-12-10-8/h1-4H,5H2,(H,13,14,16)(H,9,10,11,12). The highest BCUT2D eigenvalue weighted by atomic mass is 32.9. The van der Waals surface area contributed by atoms with E-state index in [4.69, 9.17) is 4.55 Å². The van der Waals surface area contributed by atoms with E-state index in [1.807, 2.05) is 0 Å². The fourth-order valence-electron chi connectivity index (χ4n) is 1.23. The Balaban J connectivity index is 2.18. The molecule has 1 unspecified atom stereocenters. The Bertz CT molecular complexity index is 597. The van der Waals surface area contributed by atoms with Crippen molar-refractivity contribution in [2.45, 2.75) is 6.61 Å². The van der Waals surface area contributed by atoms with Gasteiger partial charge < -0.3 is 0 Å². The van der Waals surface area contributed by atoms with Gasteiger partial charge in [-0.15, -0.1) is 10.2 Å². The summed E-state index contributed by atoms with van der Waals surface area (Å²) < 4.78 is 24.2. The second-order valence-electron chi connectivity index (χ2n) is 3.13. The molecule has 17 heavy (non-hydrogen) atoms. The van der Waals surface area contributed by atoms with Crippen molar-refractivity contribution in [3.05, 3.63) is 29.8 Å². The largest absolute Gasteiger partial charge is 0.285 e. The highest BCUT2D eigenvalue weighted by Gasteiger charge is 2.05. The maximum absolute atomic E-state index is 10.8. The molecule has 7 nitrogen and oxygen atoms in total. The lowest BCUT2D eigenvalue weighted by Gasteiger charge is -2.03. The van der Waals surface area contributed by atoms with Gasteiger partial charge in [-0.1, -0.05) is 18.2 Å². The van der Waals surface area contributed by atoms with Gasteiger partial charge in [-0.2, -0.15) is 9.42 Å². The highest BCUT2D eigenvalue weighted by Crippen LogP contribution is 2.15. The number of aromatic nitrogens is 4. The third kappa shape index (κ3) is 3.53. The van der Waals surface area contributed by atoms with E-state index in [2.05, 4.69) is 36.0 Å². The summed E-state index contributed by atoms with van der Waals surface area (Å²) in [4.78, 5) is 0. The first kappa shape index (κ1) is 12.0. The first-order valence-electron chi connectivity index (χ1n) is 4.49. The van der Waals surface area contributed by atoms with E-state index in [1.54, 1.807) is 24.3 Å². The lowest BCUT2D eigenvalue weighted by molar-refractivity contribution is 0.295. The topological polar surface area (TPSA) is 101 Å². The normalized spacial score (nSPS) is 14.4. The number of hydrogen-bond donors (Lipinski definition) is 2. The zero-order valence-electron chi connectivity index (χ0n) is 8.44. The van der Waals surface area contributed by atoms with Gasteiger partial charge in [0.15, 0.2) is 0 Å². The summed E-state index contributed by atoms with van der Waals surface area (Å²) in [7, 11) is -3.61. The summed E-state index contributed by atoms with van der Waals surface area (Å²) in [5.74, 6) is 0.440. The monoisotopic (exact) mass is 272 g/mol. The molecule has 0 radical (unpaired) electrons. The van der Waals surface area contributed by atoms with Crippen LogP contribution in [0.5, 0.6) is 0 Å². The van der Waals surface area contributed by atoms with Crippen molar-refractivity contribution in [3.63, 3.8) is 0 Å². The fourth-order valence-corrected chi connectivity index (χ4v) is 1.66. The van der Waals surface area contributed by atoms with Gasteiger partial charge >= 0.3 is 0 Å². The lowest BCUT2D eigenvalue weighted by Crippen LogP contribution is -2.02. The molecule has 2 aromatic rings. The average Bonchev–Trinajstić information content (AvgIpc) is 2.79. The van der Waals surface area contributed by atoms with E-state index >= 15 is 0 Å². The molecule has 0 aliphatic carbocycles. The number of H-pyrrole nitrogens is 1. The minimum atomic E-state index is -3.61. The van der Waals surface area contributed by atoms with E-state index < -0.39 is 9.05 Å². The van der Waals surface area contributed by atoms with E-state index in [9.17, 15) is 4.21 Å². The summed E-state index contributed by atoms with van der Waals surface area (Å²) in [5.41, 5.74) is 1.42. The molecule has 0 fully saturated rings. The Morgan fingerprint density at radius 2 is 2.35 bits per heavy atom. The third-order valence-corrected chi connectivity index (χ3v) is 2.61. The summed E-state index contributed by atoms with van der Waals surface area (Å²) in [5, 5.41) is 13.4. The van der Waals surface area contributed by atoms with E-state index in [1.165, 1.54) is 0 Å². The van der Waals surface area contributed by atoms with Gasteiger partial charge in [-0.3, -0.25) is 8.74 Å². The fraction of sp³-hybridized carbons (Fsp3) is 0.125. The van der Waals surface area contributed by atoms with Crippen LogP contribution in [0.15, 0.2) is 24.3 Å². The molecule has 0 spiro atoms. The van der Waals surface area contributed by atoms with Crippen LogP contribution in [0.25, 0.3) is 11.4 Å². The Morgan fingerprint density at radius 1 is 1.53 bits per heavy atom. The average molecular weight is 272 g/mol. The molecular formula is C8H8N4O3S2. The first-order chi connectivity index (χ1) is 8.04. The van der Waals surface area contributed by atoms with Crippen LogP contribution in [0, 0.1) is 0 Å². The maximum Gasteiger partial charge on any atom is 0.266 e. The summed E-state index contributed by atoms with van der Waals surface area (Å²) in [6.07, 6.45) is 0. The molecule has 1 atom stereocenters. The van der Waals surface area contributed by atoms with Crippen molar-refractivity contribution in [1.82, 2.24) is 20.6 Å². The summed E-state index contributed by atoms with van der Waals surface area (Å²) >= 11 is 4.22. The Labute approximate surface area is 102 Å².